The fourth-order valence-electron chi connectivity index (χ4n) is 2.15. The molecule has 2 unspecified atom stereocenters. The summed E-state index contributed by atoms with van der Waals surface area (Å²) >= 11 is 1.87. The highest BCUT2D eigenvalue weighted by atomic mass is 32.2. The summed E-state index contributed by atoms with van der Waals surface area (Å²) in [6, 6.07) is 0.601. The number of nitrogens with zero attached hydrogens (tertiary/aromatic N) is 2. The highest BCUT2D eigenvalue weighted by Crippen LogP contribution is 2.18. The molecule has 2 rings (SSSR count). The summed E-state index contributed by atoms with van der Waals surface area (Å²) in [6.45, 7) is 9.17. The number of amidine groups is 1. The molecule has 4 heteroatoms. The van der Waals surface area contributed by atoms with Crippen LogP contribution in [-0.4, -0.2) is 48.0 Å². The molecule has 0 amide bonds. The van der Waals surface area contributed by atoms with Crippen molar-refractivity contribution in [2.75, 3.05) is 31.9 Å². The quantitative estimate of drug-likeness (QED) is 0.790. The Balaban J connectivity index is 1.74. The van der Waals surface area contributed by atoms with Crippen LogP contribution in [0.2, 0.25) is 0 Å². The van der Waals surface area contributed by atoms with Gasteiger partial charge in [-0.1, -0.05) is 18.7 Å². The van der Waals surface area contributed by atoms with Gasteiger partial charge in [0.25, 0.3) is 0 Å². The minimum Gasteiger partial charge on any atom is -0.362 e. The van der Waals surface area contributed by atoms with Gasteiger partial charge in [0.2, 0.25) is 0 Å². The Labute approximate surface area is 96.7 Å². The average Bonchev–Trinajstić information content (AvgIpc) is 2.83. The fourth-order valence-corrected chi connectivity index (χ4v) is 3.09. The van der Waals surface area contributed by atoms with E-state index in [2.05, 4.69) is 29.1 Å². The molecule has 0 saturated carbocycles. The van der Waals surface area contributed by atoms with Crippen molar-refractivity contribution < 1.29 is 0 Å². The molecule has 3 nitrogen and oxygen atoms in total. The number of thioether (sulfide) groups is 1. The van der Waals surface area contributed by atoms with E-state index in [0.29, 0.717) is 6.04 Å². The van der Waals surface area contributed by atoms with E-state index in [0.717, 1.165) is 17.6 Å². The van der Waals surface area contributed by atoms with E-state index in [4.69, 9.17) is 0 Å². The zero-order valence-electron chi connectivity index (χ0n) is 9.70. The molecular weight excluding hydrogens is 206 g/mol. The number of aliphatic imine (C=N–C) groups is 1. The summed E-state index contributed by atoms with van der Waals surface area (Å²) < 4.78 is 0. The van der Waals surface area contributed by atoms with Crippen molar-refractivity contribution in [1.82, 2.24) is 10.2 Å². The lowest BCUT2D eigenvalue weighted by Gasteiger charge is -2.11. The second-order valence-electron chi connectivity index (χ2n) is 4.55. The maximum Gasteiger partial charge on any atom is 0.156 e. The van der Waals surface area contributed by atoms with E-state index in [1.807, 2.05) is 11.8 Å². The number of hydrogen-bond acceptors (Lipinski definition) is 3. The molecule has 15 heavy (non-hydrogen) atoms. The first kappa shape index (κ1) is 11.3. The molecule has 2 fully saturated rings. The minimum absolute atomic E-state index is 0.601. The van der Waals surface area contributed by atoms with Crippen LogP contribution in [0, 0.1) is 5.92 Å². The Kier molecular flexibility index (Phi) is 3.92. The van der Waals surface area contributed by atoms with E-state index in [1.54, 1.807) is 0 Å². The van der Waals surface area contributed by atoms with E-state index < -0.39 is 0 Å². The number of likely N-dealkylation sites (tertiary alicyclic amines) is 1. The smallest absolute Gasteiger partial charge is 0.156 e. The first-order valence-corrected chi connectivity index (χ1v) is 6.92. The van der Waals surface area contributed by atoms with Gasteiger partial charge in [0.05, 0.1) is 0 Å². The highest BCUT2D eigenvalue weighted by Gasteiger charge is 2.21. The van der Waals surface area contributed by atoms with Crippen LogP contribution < -0.4 is 5.32 Å². The van der Waals surface area contributed by atoms with Gasteiger partial charge >= 0.3 is 0 Å². The fraction of sp³-hybridized carbons (Fsp3) is 0.909. The SMILES string of the molecule is CCN1CCC(CN=C2NC(C)CS2)C1. The van der Waals surface area contributed by atoms with Gasteiger partial charge in [0.1, 0.15) is 0 Å². The average molecular weight is 227 g/mol. The summed E-state index contributed by atoms with van der Waals surface area (Å²) in [5, 5.41) is 4.57. The van der Waals surface area contributed by atoms with Crippen molar-refractivity contribution in [3.05, 3.63) is 0 Å². The van der Waals surface area contributed by atoms with Crippen LogP contribution in [0.3, 0.4) is 0 Å². The van der Waals surface area contributed by atoms with Gasteiger partial charge in [-0.15, -0.1) is 0 Å². The zero-order chi connectivity index (χ0) is 10.7. The molecule has 1 N–H and O–H groups in total. The van der Waals surface area contributed by atoms with Crippen LogP contribution in [-0.2, 0) is 0 Å². The molecule has 0 aromatic carbocycles. The molecule has 2 saturated heterocycles. The molecule has 0 aliphatic carbocycles. The molecule has 2 aliphatic heterocycles. The zero-order valence-corrected chi connectivity index (χ0v) is 10.5. The molecule has 2 heterocycles. The Morgan fingerprint density at radius 2 is 2.47 bits per heavy atom. The maximum absolute atomic E-state index is 4.67. The lowest BCUT2D eigenvalue weighted by molar-refractivity contribution is 0.344. The van der Waals surface area contributed by atoms with Crippen LogP contribution in [0.5, 0.6) is 0 Å². The van der Waals surface area contributed by atoms with Crippen molar-refractivity contribution in [1.29, 1.82) is 0 Å². The van der Waals surface area contributed by atoms with Crippen molar-refractivity contribution in [2.24, 2.45) is 10.9 Å². The molecule has 86 valence electrons. The molecule has 0 aromatic heterocycles. The third-order valence-corrected chi connectivity index (χ3v) is 4.34. The summed E-state index contributed by atoms with van der Waals surface area (Å²) in [4.78, 5) is 7.18. The van der Waals surface area contributed by atoms with Crippen LogP contribution in [0.25, 0.3) is 0 Å². The highest BCUT2D eigenvalue weighted by molar-refractivity contribution is 8.14. The monoisotopic (exact) mass is 227 g/mol. The Hall–Kier alpha value is -0.220. The predicted octanol–water partition coefficient (Wildman–Crippen LogP) is 1.41. The Bertz CT molecular complexity index is 242. The largest absolute Gasteiger partial charge is 0.362 e. The first-order chi connectivity index (χ1) is 7.28. The van der Waals surface area contributed by atoms with Crippen LogP contribution >= 0.6 is 11.8 Å². The molecule has 0 aromatic rings. The van der Waals surface area contributed by atoms with Crippen LogP contribution in [0.4, 0.5) is 0 Å². The molecular formula is C11H21N3S. The standard InChI is InChI=1S/C11H21N3S/c1-3-14-5-4-10(7-14)6-12-11-13-9(2)8-15-11/h9-10H,3-8H2,1-2H3,(H,12,13). The molecule has 2 atom stereocenters. The normalized spacial score (nSPS) is 34.9. The van der Waals surface area contributed by atoms with E-state index in [1.165, 1.54) is 31.8 Å². The third kappa shape index (κ3) is 3.11. The van der Waals surface area contributed by atoms with E-state index >= 15 is 0 Å². The number of hydrogen-bond donors (Lipinski definition) is 1. The van der Waals surface area contributed by atoms with Gasteiger partial charge in [-0.3, -0.25) is 4.99 Å². The summed E-state index contributed by atoms with van der Waals surface area (Å²) in [5.41, 5.74) is 0. The van der Waals surface area contributed by atoms with Gasteiger partial charge in [-0.2, -0.15) is 0 Å². The first-order valence-electron chi connectivity index (χ1n) is 5.94. The van der Waals surface area contributed by atoms with E-state index in [9.17, 15) is 0 Å². The van der Waals surface area contributed by atoms with Gasteiger partial charge in [0, 0.05) is 24.9 Å². The third-order valence-electron chi connectivity index (χ3n) is 3.15. The lowest BCUT2D eigenvalue weighted by atomic mass is 10.1. The number of rotatable bonds is 3. The second kappa shape index (κ2) is 5.21. The maximum atomic E-state index is 4.67. The van der Waals surface area contributed by atoms with Gasteiger partial charge in [-0.25, -0.2) is 0 Å². The van der Waals surface area contributed by atoms with Crippen LogP contribution in [0.15, 0.2) is 4.99 Å². The van der Waals surface area contributed by atoms with Gasteiger partial charge in [0.15, 0.2) is 5.17 Å². The number of nitrogens with one attached hydrogen (secondary N) is 1. The van der Waals surface area contributed by atoms with Crippen molar-refractivity contribution in [3.63, 3.8) is 0 Å². The molecule has 0 spiro atoms. The summed E-state index contributed by atoms with van der Waals surface area (Å²) in [5.74, 6) is 1.96. The topological polar surface area (TPSA) is 27.6 Å². The molecule has 2 aliphatic rings. The van der Waals surface area contributed by atoms with Crippen molar-refractivity contribution >= 4 is 16.9 Å². The van der Waals surface area contributed by atoms with Gasteiger partial charge in [-0.05, 0) is 32.4 Å². The molecule has 0 bridgehead atoms. The second-order valence-corrected chi connectivity index (χ2v) is 5.56. The molecule has 0 radical (unpaired) electrons. The van der Waals surface area contributed by atoms with Gasteiger partial charge < -0.3 is 10.2 Å². The van der Waals surface area contributed by atoms with Crippen molar-refractivity contribution in [3.8, 4) is 0 Å². The van der Waals surface area contributed by atoms with Crippen molar-refractivity contribution in [2.45, 2.75) is 26.3 Å². The van der Waals surface area contributed by atoms with E-state index in [-0.39, 0.29) is 0 Å². The predicted molar refractivity (Wildman–Crippen MR) is 67.6 cm³/mol. The minimum atomic E-state index is 0.601. The lowest BCUT2D eigenvalue weighted by Crippen LogP contribution is -2.24. The summed E-state index contributed by atoms with van der Waals surface area (Å²) in [7, 11) is 0. The Morgan fingerprint density at radius 3 is 3.07 bits per heavy atom. The Morgan fingerprint density at radius 1 is 1.60 bits per heavy atom. The van der Waals surface area contributed by atoms with Crippen LogP contribution in [0.1, 0.15) is 20.3 Å². The summed E-state index contributed by atoms with van der Waals surface area (Å²) in [6.07, 6.45) is 1.32.